The molecule has 1 aromatic carbocycles. The number of para-hydroxylation sites is 1. The van der Waals surface area contributed by atoms with Gasteiger partial charge < -0.3 is 25.0 Å². The van der Waals surface area contributed by atoms with Crippen LogP contribution < -0.4 is 15.4 Å². The Kier molecular flexibility index (Phi) is 6.06. The van der Waals surface area contributed by atoms with Crippen LogP contribution in [0.1, 0.15) is 55.4 Å². The number of hydrogen-bond donors (Lipinski definition) is 2. The minimum atomic E-state index is -2.87. The van der Waals surface area contributed by atoms with Crippen molar-refractivity contribution in [3.05, 3.63) is 35.3 Å². The smallest absolute Gasteiger partial charge is 0.436 e. The summed E-state index contributed by atoms with van der Waals surface area (Å²) < 4.78 is 47.9. The van der Waals surface area contributed by atoms with Gasteiger partial charge in [-0.15, -0.1) is 4.68 Å². The highest BCUT2D eigenvalue weighted by Crippen LogP contribution is 2.56. The molecule has 2 N–H and O–H groups in total. The number of carbonyl (C=O) groups excluding carboxylic acids is 3. The van der Waals surface area contributed by atoms with E-state index in [-0.39, 0.29) is 30.6 Å². The van der Waals surface area contributed by atoms with Crippen LogP contribution in [-0.4, -0.2) is 54.4 Å². The second kappa shape index (κ2) is 9.72. The lowest BCUT2D eigenvalue weighted by Crippen LogP contribution is -2.52. The zero-order valence-electron chi connectivity index (χ0n) is 25.5. The van der Waals surface area contributed by atoms with E-state index >= 15 is 0 Å². The first kappa shape index (κ1) is 23.7. The molecule has 2 aliphatic rings. The number of methoxy groups -OCH3 is 1. The highest BCUT2D eigenvalue weighted by molar-refractivity contribution is 6.83. The fourth-order valence-electron chi connectivity index (χ4n) is 5.31. The monoisotopic (exact) mass is 548 g/mol. The van der Waals surface area contributed by atoms with Gasteiger partial charge in [-0.05, 0) is 45.7 Å². The molecule has 0 saturated heterocycles. The summed E-state index contributed by atoms with van der Waals surface area (Å²) in [6.45, 7) is 11.5. The summed E-state index contributed by atoms with van der Waals surface area (Å²) in [5.74, 6) is -1.29. The predicted molar refractivity (Wildman–Crippen MR) is 144 cm³/mol. The van der Waals surface area contributed by atoms with Crippen molar-refractivity contribution in [3.8, 4) is 5.75 Å². The van der Waals surface area contributed by atoms with Crippen molar-refractivity contribution < 1.29 is 32.4 Å². The first-order valence-corrected chi connectivity index (χ1v) is 16.1. The Morgan fingerprint density at radius 1 is 1.21 bits per heavy atom. The molecule has 0 atom stereocenters. The number of halogens is 1. The number of amides is 3. The summed E-state index contributed by atoms with van der Waals surface area (Å²) in [6.07, 6.45) is 1.69. The Labute approximate surface area is 227 Å². The van der Waals surface area contributed by atoms with Crippen molar-refractivity contribution in [2.45, 2.75) is 76.8 Å². The maximum Gasteiger partial charge on any atom is 0.436 e. The molecule has 38 heavy (non-hydrogen) atoms. The van der Waals surface area contributed by atoms with Gasteiger partial charge in [0.2, 0.25) is 5.91 Å². The number of anilines is 2. The van der Waals surface area contributed by atoms with Crippen LogP contribution in [-0.2, 0) is 21.6 Å². The highest BCUT2D eigenvalue weighted by Gasteiger charge is 2.54. The quantitative estimate of drug-likeness (QED) is 0.460. The molecule has 2 heterocycles. The van der Waals surface area contributed by atoms with Gasteiger partial charge in [0.25, 0.3) is 0 Å². The summed E-state index contributed by atoms with van der Waals surface area (Å²) in [7, 11) is -4.82. The molecule has 4 rings (SSSR count). The van der Waals surface area contributed by atoms with E-state index in [4.69, 9.17) is 13.6 Å². The lowest BCUT2D eigenvalue weighted by Gasteiger charge is -2.48. The molecule has 1 aliphatic carbocycles. The molecule has 206 valence electrons. The molecule has 0 unspecified atom stereocenters. The minimum absolute atomic E-state index is 0.0763. The zero-order valence-corrected chi connectivity index (χ0v) is 23.5. The normalized spacial score (nSPS) is 18.8. The SMILES string of the molecule is [2H]C([2H])([2H])Oc1cccc(F)c1NC(=O)N1Cc2c(nn(C(=O)OCC)c2NC(=O)C2([Si](C)(C)C)CCC2)C1(C)C. The lowest BCUT2D eigenvalue weighted by molar-refractivity contribution is -0.121. The van der Waals surface area contributed by atoms with E-state index in [0.29, 0.717) is 11.3 Å². The molecule has 0 spiro atoms. The standard InChI is InChI=1S/C26H36FN5O5Si/c1-8-37-24(35)32-21(29-22(33)26(13-10-14-26)38(5,6)7)16-15-31(25(2,3)20(16)30-32)23(34)28-19-17(27)11-9-12-18(19)36-4/h9,11-12H,8,10,13-15H2,1-7H3,(H,28,34)(H,29,33)/i4D3. The van der Waals surface area contributed by atoms with E-state index in [1.165, 1.54) is 17.0 Å². The van der Waals surface area contributed by atoms with Gasteiger partial charge in [-0.2, -0.15) is 5.10 Å². The second-order valence-corrected chi connectivity index (χ2v) is 16.7. The van der Waals surface area contributed by atoms with Gasteiger partial charge in [0.1, 0.15) is 17.3 Å². The number of ether oxygens (including phenoxy) is 2. The lowest BCUT2D eigenvalue weighted by atomic mass is 9.83. The number of rotatable bonds is 6. The molecule has 1 saturated carbocycles. The van der Waals surface area contributed by atoms with Gasteiger partial charge >= 0.3 is 12.1 Å². The van der Waals surface area contributed by atoms with Crippen molar-refractivity contribution in [1.29, 1.82) is 0 Å². The van der Waals surface area contributed by atoms with E-state index in [9.17, 15) is 18.8 Å². The van der Waals surface area contributed by atoms with E-state index in [1.807, 2.05) is 0 Å². The summed E-state index contributed by atoms with van der Waals surface area (Å²) in [4.78, 5) is 41.5. The average Bonchev–Trinajstić information content (AvgIpc) is 3.28. The minimum Gasteiger partial charge on any atom is -0.494 e. The van der Waals surface area contributed by atoms with Crippen molar-refractivity contribution in [2.75, 3.05) is 24.3 Å². The molecule has 10 nitrogen and oxygen atoms in total. The van der Waals surface area contributed by atoms with Crippen molar-refractivity contribution in [2.24, 2.45) is 0 Å². The van der Waals surface area contributed by atoms with Gasteiger partial charge in [0.05, 0.1) is 43.6 Å². The molecule has 12 heteroatoms. The molecular formula is C26H36FN5O5Si. The third-order valence-electron chi connectivity index (χ3n) is 7.87. The van der Waals surface area contributed by atoms with Crippen molar-refractivity contribution in [1.82, 2.24) is 14.7 Å². The van der Waals surface area contributed by atoms with Crippen LogP contribution in [0.5, 0.6) is 5.75 Å². The highest BCUT2D eigenvalue weighted by atomic mass is 28.3. The number of hydrogen-bond acceptors (Lipinski definition) is 6. The summed E-state index contributed by atoms with van der Waals surface area (Å²) in [6, 6.07) is 2.81. The van der Waals surface area contributed by atoms with Gasteiger partial charge in [-0.3, -0.25) is 4.79 Å². The fraction of sp³-hybridized carbons (Fsp3) is 0.538. The van der Waals surface area contributed by atoms with Crippen LogP contribution in [0.15, 0.2) is 18.2 Å². The van der Waals surface area contributed by atoms with Crippen LogP contribution in [0.2, 0.25) is 24.7 Å². The summed E-state index contributed by atoms with van der Waals surface area (Å²) in [5.41, 5.74) is -0.732. The Morgan fingerprint density at radius 2 is 1.92 bits per heavy atom. The molecule has 0 radical (unpaired) electrons. The molecule has 2 aromatic rings. The van der Waals surface area contributed by atoms with E-state index in [2.05, 4.69) is 35.4 Å². The van der Waals surface area contributed by atoms with Gasteiger partial charge in [-0.1, -0.05) is 32.1 Å². The van der Waals surface area contributed by atoms with Crippen LogP contribution in [0.25, 0.3) is 0 Å². The average molecular weight is 549 g/mol. The number of urea groups is 1. The number of aromatic nitrogens is 2. The number of nitrogens with one attached hydrogen (secondary N) is 2. The maximum absolute atomic E-state index is 14.7. The van der Waals surface area contributed by atoms with E-state index in [1.54, 1.807) is 20.8 Å². The van der Waals surface area contributed by atoms with E-state index in [0.717, 1.165) is 30.0 Å². The van der Waals surface area contributed by atoms with Crippen LogP contribution in [0.4, 0.5) is 25.5 Å². The second-order valence-electron chi connectivity index (χ2n) is 11.2. The Bertz CT molecular complexity index is 1380. The summed E-state index contributed by atoms with van der Waals surface area (Å²) >= 11 is 0. The number of benzene rings is 1. The first-order chi connectivity index (χ1) is 18.9. The predicted octanol–water partition coefficient (Wildman–Crippen LogP) is 5.52. The maximum atomic E-state index is 14.7. The van der Waals surface area contributed by atoms with Crippen molar-refractivity contribution in [3.63, 3.8) is 0 Å². The first-order valence-electron chi connectivity index (χ1n) is 14.1. The molecule has 3 amide bonds. The largest absolute Gasteiger partial charge is 0.494 e. The van der Waals surface area contributed by atoms with Crippen LogP contribution >= 0.6 is 0 Å². The summed E-state index contributed by atoms with van der Waals surface area (Å²) in [5, 5.41) is 9.37. The molecule has 1 aliphatic heterocycles. The number of carbonyl (C=O) groups is 3. The Hall–Kier alpha value is -3.41. The molecule has 0 bridgehead atoms. The number of fused-ring (bicyclic) bond motifs is 1. The van der Waals surface area contributed by atoms with E-state index < -0.39 is 49.3 Å². The Morgan fingerprint density at radius 3 is 2.50 bits per heavy atom. The molecule has 1 aromatic heterocycles. The van der Waals surface area contributed by atoms with Gasteiger partial charge in [-0.25, -0.2) is 14.0 Å². The third-order valence-corrected chi connectivity index (χ3v) is 11.5. The molecule has 1 fully saturated rings. The topological polar surface area (TPSA) is 115 Å². The zero-order chi connectivity index (χ0) is 30.5. The third kappa shape index (κ3) is 4.34. The molecular weight excluding hydrogens is 509 g/mol. The van der Waals surface area contributed by atoms with Crippen LogP contribution in [0, 0.1) is 5.82 Å². The van der Waals surface area contributed by atoms with Crippen molar-refractivity contribution >= 4 is 37.6 Å². The van der Waals surface area contributed by atoms with Crippen LogP contribution in [0.3, 0.4) is 0 Å². The fourth-order valence-corrected chi connectivity index (χ4v) is 7.90. The van der Waals surface area contributed by atoms with Gasteiger partial charge in [0, 0.05) is 10.6 Å². The van der Waals surface area contributed by atoms with Gasteiger partial charge in [0.15, 0.2) is 5.82 Å². The number of nitrogens with zero attached hydrogens (tertiary/aromatic N) is 3. The Balaban J connectivity index is 1.69.